The number of carboxylic acid groups (broad SMARTS) is 2. The molecule has 0 saturated carbocycles. The second kappa shape index (κ2) is 7.45. The fraction of sp³-hybridized carbons (Fsp3) is 0.200. The Morgan fingerprint density at radius 1 is 1.46 bits per heavy atom. The maximum Gasteiger partial charge on any atom is 0.327 e. The predicted molar refractivity (Wildman–Crippen MR) is 91.2 cm³/mol. The second-order valence-electron chi connectivity index (χ2n) is 4.91. The number of carbonyl (C=O) groups is 3. The minimum atomic E-state index is -1.53. The average Bonchev–Trinajstić information content (AvgIpc) is 3.06. The molecule has 1 fully saturated rings. The number of thioether (sulfide) groups is 1. The number of nitrogens with zero attached hydrogens (tertiary/aromatic N) is 1. The summed E-state index contributed by atoms with van der Waals surface area (Å²) in [4.78, 5) is 35.6. The number of carboxylic acids is 2. The molecule has 1 saturated heterocycles. The van der Waals surface area contributed by atoms with Gasteiger partial charge in [0.25, 0.3) is 5.91 Å². The van der Waals surface area contributed by atoms with Gasteiger partial charge < -0.3 is 14.6 Å². The number of amides is 1. The Labute approximate surface area is 146 Å². The third-order valence-corrected chi connectivity index (χ3v) is 4.39. The highest BCUT2D eigenvalue weighted by Crippen LogP contribution is 2.34. The summed E-state index contributed by atoms with van der Waals surface area (Å²) in [6.07, 6.45) is 4.05. The molecule has 0 spiro atoms. The van der Waals surface area contributed by atoms with Crippen molar-refractivity contribution in [1.82, 2.24) is 4.90 Å². The Hall–Kier alpha value is -2.39. The normalized spacial score (nSPS) is 18.3. The van der Waals surface area contributed by atoms with E-state index in [-0.39, 0.29) is 9.23 Å². The molecule has 126 valence electrons. The van der Waals surface area contributed by atoms with E-state index < -0.39 is 30.3 Å². The number of furan rings is 1. The molecule has 2 heterocycles. The fourth-order valence-corrected chi connectivity index (χ4v) is 3.46. The van der Waals surface area contributed by atoms with Crippen LogP contribution in [0.2, 0.25) is 0 Å². The minimum Gasteiger partial charge on any atom is -0.481 e. The molecule has 2 N–H and O–H groups in total. The van der Waals surface area contributed by atoms with Crippen LogP contribution in [-0.4, -0.2) is 43.3 Å². The van der Waals surface area contributed by atoms with Gasteiger partial charge in [-0.3, -0.25) is 14.5 Å². The molecule has 1 amide bonds. The van der Waals surface area contributed by atoms with Crippen LogP contribution in [0.5, 0.6) is 0 Å². The van der Waals surface area contributed by atoms with Crippen molar-refractivity contribution >= 4 is 52.2 Å². The van der Waals surface area contributed by atoms with E-state index >= 15 is 0 Å². The van der Waals surface area contributed by atoms with Gasteiger partial charge >= 0.3 is 11.9 Å². The van der Waals surface area contributed by atoms with Gasteiger partial charge in [0.1, 0.15) is 16.1 Å². The largest absolute Gasteiger partial charge is 0.481 e. The maximum atomic E-state index is 12.4. The number of aliphatic carboxylic acids is 2. The van der Waals surface area contributed by atoms with Crippen molar-refractivity contribution in [1.29, 1.82) is 0 Å². The molecule has 1 aromatic rings. The summed E-state index contributed by atoms with van der Waals surface area (Å²) >= 11 is 5.98. The van der Waals surface area contributed by atoms with E-state index in [4.69, 9.17) is 21.7 Å². The van der Waals surface area contributed by atoms with E-state index in [2.05, 4.69) is 0 Å². The first-order chi connectivity index (χ1) is 11.3. The molecular weight excluding hydrogens is 354 g/mol. The van der Waals surface area contributed by atoms with Crippen molar-refractivity contribution < 1.29 is 29.0 Å². The summed E-state index contributed by atoms with van der Waals surface area (Å²) in [5.41, 5.74) is 0.704. The Morgan fingerprint density at radius 2 is 2.17 bits per heavy atom. The maximum absolute atomic E-state index is 12.4. The van der Waals surface area contributed by atoms with E-state index in [9.17, 15) is 19.5 Å². The third kappa shape index (κ3) is 4.12. The number of rotatable bonds is 6. The molecule has 24 heavy (non-hydrogen) atoms. The first kappa shape index (κ1) is 18.0. The highest BCUT2D eigenvalue weighted by Gasteiger charge is 2.41. The SMILES string of the molecule is CC(=Cc1ccco1)C=C1SC(=S)N(C(CC(=O)O)C(=O)O)C1=O. The van der Waals surface area contributed by atoms with Crippen LogP contribution in [0.25, 0.3) is 6.08 Å². The minimum absolute atomic E-state index is 0.0192. The van der Waals surface area contributed by atoms with Crippen LogP contribution >= 0.6 is 24.0 Å². The molecule has 0 aromatic carbocycles. The lowest BCUT2D eigenvalue weighted by atomic mass is 10.1. The van der Waals surface area contributed by atoms with Gasteiger partial charge in [-0.25, -0.2) is 4.79 Å². The molecule has 1 unspecified atom stereocenters. The number of thiocarbonyl (C=S) groups is 1. The van der Waals surface area contributed by atoms with Gasteiger partial charge in [0.05, 0.1) is 17.6 Å². The van der Waals surface area contributed by atoms with Crippen molar-refractivity contribution in [2.24, 2.45) is 0 Å². The summed E-state index contributed by atoms with van der Waals surface area (Å²) in [6.45, 7) is 1.75. The molecule has 1 atom stereocenters. The van der Waals surface area contributed by atoms with Crippen molar-refractivity contribution in [3.63, 3.8) is 0 Å². The van der Waals surface area contributed by atoms with E-state index in [1.54, 1.807) is 31.2 Å². The van der Waals surface area contributed by atoms with Crippen molar-refractivity contribution in [2.75, 3.05) is 0 Å². The Kier molecular flexibility index (Phi) is 5.58. The van der Waals surface area contributed by atoms with E-state index in [1.807, 2.05) is 0 Å². The number of allylic oxidation sites excluding steroid dienone is 2. The standard InChI is InChI=1S/C15H13NO6S2/c1-8(5-9-3-2-4-22-9)6-11-13(19)16(15(23)24-11)10(14(20)21)7-12(17)18/h2-6,10H,7H2,1H3,(H,17,18)(H,20,21). The average molecular weight is 367 g/mol. The molecule has 1 aliphatic rings. The van der Waals surface area contributed by atoms with Crippen molar-refractivity contribution in [3.8, 4) is 0 Å². The summed E-state index contributed by atoms with van der Waals surface area (Å²) in [5, 5.41) is 18.0. The molecular formula is C15H13NO6S2. The lowest BCUT2D eigenvalue weighted by Crippen LogP contribution is -2.45. The Morgan fingerprint density at radius 3 is 2.71 bits per heavy atom. The Balaban J connectivity index is 2.26. The Bertz CT molecular complexity index is 750. The van der Waals surface area contributed by atoms with Gasteiger partial charge in [-0.1, -0.05) is 24.0 Å². The van der Waals surface area contributed by atoms with Gasteiger partial charge in [-0.05, 0) is 36.8 Å². The summed E-state index contributed by atoms with van der Waals surface area (Å²) < 4.78 is 5.19. The zero-order valence-electron chi connectivity index (χ0n) is 12.5. The molecule has 2 rings (SSSR count). The van der Waals surface area contributed by atoms with Crippen LogP contribution in [0.1, 0.15) is 19.1 Å². The zero-order valence-corrected chi connectivity index (χ0v) is 14.1. The van der Waals surface area contributed by atoms with E-state index in [1.165, 1.54) is 6.26 Å². The van der Waals surface area contributed by atoms with Gasteiger partial charge in [0.2, 0.25) is 0 Å². The van der Waals surface area contributed by atoms with Crippen LogP contribution in [0.3, 0.4) is 0 Å². The van der Waals surface area contributed by atoms with Crippen LogP contribution in [0, 0.1) is 0 Å². The van der Waals surface area contributed by atoms with Gasteiger partial charge in [-0.2, -0.15) is 0 Å². The summed E-state index contributed by atoms with van der Waals surface area (Å²) in [6, 6.07) is 1.94. The van der Waals surface area contributed by atoms with Crippen LogP contribution in [0.15, 0.2) is 39.4 Å². The molecule has 1 aliphatic heterocycles. The zero-order chi connectivity index (χ0) is 17.9. The lowest BCUT2D eigenvalue weighted by Gasteiger charge is -2.21. The van der Waals surface area contributed by atoms with Crippen molar-refractivity contribution in [3.05, 3.63) is 40.7 Å². The molecule has 9 heteroatoms. The molecule has 1 aromatic heterocycles. The predicted octanol–water partition coefficient (Wildman–Crippen LogP) is 2.35. The second-order valence-corrected chi connectivity index (χ2v) is 6.58. The number of carbonyl (C=O) groups excluding carboxylic acids is 1. The highest BCUT2D eigenvalue weighted by atomic mass is 32.2. The van der Waals surface area contributed by atoms with E-state index in [0.717, 1.165) is 16.7 Å². The number of hydrogen-bond donors (Lipinski definition) is 2. The summed E-state index contributed by atoms with van der Waals surface area (Å²) in [7, 11) is 0. The van der Waals surface area contributed by atoms with Crippen LogP contribution in [0.4, 0.5) is 0 Å². The van der Waals surface area contributed by atoms with Gasteiger partial charge in [0.15, 0.2) is 0 Å². The smallest absolute Gasteiger partial charge is 0.327 e. The van der Waals surface area contributed by atoms with Crippen LogP contribution < -0.4 is 0 Å². The first-order valence-corrected chi connectivity index (χ1v) is 7.95. The molecule has 0 aliphatic carbocycles. The fourth-order valence-electron chi connectivity index (χ4n) is 2.05. The van der Waals surface area contributed by atoms with Crippen LogP contribution in [-0.2, 0) is 14.4 Å². The van der Waals surface area contributed by atoms with E-state index in [0.29, 0.717) is 11.3 Å². The molecule has 7 nitrogen and oxygen atoms in total. The molecule has 0 radical (unpaired) electrons. The monoisotopic (exact) mass is 367 g/mol. The van der Waals surface area contributed by atoms with Gasteiger partial charge in [0, 0.05) is 0 Å². The number of hydrogen-bond acceptors (Lipinski definition) is 6. The van der Waals surface area contributed by atoms with Gasteiger partial charge in [-0.15, -0.1) is 0 Å². The molecule has 0 bridgehead atoms. The topological polar surface area (TPSA) is 108 Å². The lowest BCUT2D eigenvalue weighted by molar-refractivity contribution is -0.150. The first-order valence-electron chi connectivity index (χ1n) is 6.73. The highest BCUT2D eigenvalue weighted by molar-refractivity contribution is 8.26. The summed E-state index contributed by atoms with van der Waals surface area (Å²) in [5.74, 6) is -2.76. The third-order valence-electron chi connectivity index (χ3n) is 3.06. The quantitative estimate of drug-likeness (QED) is 0.583. The van der Waals surface area contributed by atoms with Crippen molar-refractivity contribution in [2.45, 2.75) is 19.4 Å².